The predicted molar refractivity (Wildman–Crippen MR) is 73.4 cm³/mol. The highest BCUT2D eigenvalue weighted by Gasteiger charge is 2.05. The minimum atomic E-state index is -3.38. The van der Waals surface area contributed by atoms with Crippen LogP contribution in [0.25, 0.3) is 0 Å². The van der Waals surface area contributed by atoms with Crippen molar-refractivity contribution in [2.24, 2.45) is 5.14 Å². The Labute approximate surface area is 109 Å². The summed E-state index contributed by atoms with van der Waals surface area (Å²) in [6, 6.07) is 5.95. The molecule has 0 saturated carbocycles. The first-order valence-corrected chi connectivity index (χ1v) is 7.75. The van der Waals surface area contributed by atoms with Crippen molar-refractivity contribution in [3.63, 3.8) is 0 Å². The monoisotopic (exact) mass is 271 g/mol. The molecule has 0 aliphatic rings. The maximum atomic E-state index is 10.7. The number of sulfonamides is 1. The van der Waals surface area contributed by atoms with Gasteiger partial charge in [-0.3, -0.25) is 0 Å². The molecule has 0 heterocycles. The molecule has 1 aromatic carbocycles. The zero-order valence-electron chi connectivity index (χ0n) is 11.1. The van der Waals surface area contributed by atoms with E-state index in [9.17, 15) is 8.42 Å². The highest BCUT2D eigenvalue weighted by Crippen LogP contribution is 2.23. The van der Waals surface area contributed by atoms with Crippen molar-refractivity contribution in [2.75, 3.05) is 12.4 Å². The third-order valence-electron chi connectivity index (χ3n) is 2.71. The zero-order chi connectivity index (χ0) is 13.8. The smallest absolute Gasteiger partial charge is 0.209 e. The van der Waals surface area contributed by atoms with Crippen LogP contribution in [0.3, 0.4) is 0 Å². The van der Waals surface area contributed by atoms with Crippen molar-refractivity contribution in [3.05, 3.63) is 29.3 Å². The van der Waals surface area contributed by atoms with Crippen LogP contribution in [0.5, 0.6) is 5.75 Å². The summed E-state index contributed by atoms with van der Waals surface area (Å²) in [5, 5.41) is 4.91. The molecular weight excluding hydrogens is 250 g/mol. The van der Waals surface area contributed by atoms with Crippen LogP contribution in [0.2, 0.25) is 0 Å². The highest BCUT2D eigenvalue weighted by molar-refractivity contribution is 7.89. The van der Waals surface area contributed by atoms with Crippen LogP contribution in [-0.2, 0) is 10.0 Å². The Kier molecular flexibility index (Phi) is 5.16. The topological polar surface area (TPSA) is 69.4 Å². The normalized spacial score (nSPS) is 11.8. The summed E-state index contributed by atoms with van der Waals surface area (Å²) in [4.78, 5) is 0. The number of benzene rings is 1. The van der Waals surface area contributed by atoms with E-state index < -0.39 is 10.0 Å². The molecule has 0 unspecified atom stereocenters. The standard InChI is InChI=1S/C13H21NO3S/c1-10(2)13-6-5-12(9-11(13)3)17-7-4-8-18(14,15)16/h5-6,9-10H,4,7-8H2,1-3H3,(H2,14,15,16). The molecule has 1 rings (SSSR count). The molecule has 0 aromatic heterocycles. The Morgan fingerprint density at radius 3 is 2.50 bits per heavy atom. The molecule has 1 aromatic rings. The minimum absolute atomic E-state index is 0.0456. The van der Waals surface area contributed by atoms with E-state index in [4.69, 9.17) is 9.88 Å². The van der Waals surface area contributed by atoms with E-state index in [-0.39, 0.29) is 5.75 Å². The van der Waals surface area contributed by atoms with Crippen LogP contribution in [0.1, 0.15) is 37.3 Å². The molecule has 0 radical (unpaired) electrons. The van der Waals surface area contributed by atoms with Gasteiger partial charge in [-0.15, -0.1) is 0 Å². The molecule has 5 heteroatoms. The van der Waals surface area contributed by atoms with Crippen molar-refractivity contribution in [3.8, 4) is 5.75 Å². The molecule has 0 aliphatic heterocycles. The first-order valence-electron chi connectivity index (χ1n) is 6.03. The van der Waals surface area contributed by atoms with Crippen LogP contribution in [0.4, 0.5) is 0 Å². The van der Waals surface area contributed by atoms with E-state index in [1.54, 1.807) is 0 Å². The third-order valence-corrected chi connectivity index (χ3v) is 3.56. The first-order chi connectivity index (χ1) is 8.29. The van der Waals surface area contributed by atoms with Crippen molar-refractivity contribution in [1.82, 2.24) is 0 Å². The lowest BCUT2D eigenvalue weighted by molar-refractivity contribution is 0.317. The second-order valence-electron chi connectivity index (χ2n) is 4.74. The van der Waals surface area contributed by atoms with Crippen LogP contribution in [0.15, 0.2) is 18.2 Å². The summed E-state index contributed by atoms with van der Waals surface area (Å²) in [5.41, 5.74) is 2.49. The number of rotatable bonds is 6. The molecule has 0 saturated heterocycles. The van der Waals surface area contributed by atoms with Gasteiger partial charge in [0.2, 0.25) is 10.0 Å². The maximum Gasteiger partial charge on any atom is 0.209 e. The average molecular weight is 271 g/mol. The lowest BCUT2D eigenvalue weighted by atomic mass is 9.98. The summed E-state index contributed by atoms with van der Waals surface area (Å²) in [6.07, 6.45) is 0.407. The lowest BCUT2D eigenvalue weighted by Crippen LogP contribution is -2.18. The van der Waals surface area contributed by atoms with Crippen LogP contribution >= 0.6 is 0 Å². The van der Waals surface area contributed by atoms with Gasteiger partial charge in [0.25, 0.3) is 0 Å². The lowest BCUT2D eigenvalue weighted by Gasteiger charge is -2.12. The number of hydrogen-bond acceptors (Lipinski definition) is 3. The molecule has 2 N–H and O–H groups in total. The van der Waals surface area contributed by atoms with Gasteiger partial charge in [0.15, 0.2) is 0 Å². The molecule has 0 aliphatic carbocycles. The number of hydrogen-bond donors (Lipinski definition) is 1. The Morgan fingerprint density at radius 1 is 1.33 bits per heavy atom. The summed E-state index contributed by atoms with van der Waals surface area (Å²) >= 11 is 0. The summed E-state index contributed by atoms with van der Waals surface area (Å²) in [5.74, 6) is 1.21. The molecule has 0 spiro atoms. The Morgan fingerprint density at radius 2 is 2.00 bits per heavy atom. The van der Waals surface area contributed by atoms with E-state index in [1.165, 1.54) is 11.1 Å². The number of primary sulfonamides is 1. The van der Waals surface area contributed by atoms with Crippen LogP contribution < -0.4 is 9.88 Å². The minimum Gasteiger partial charge on any atom is -0.494 e. The highest BCUT2D eigenvalue weighted by atomic mass is 32.2. The van der Waals surface area contributed by atoms with Gasteiger partial charge in [-0.25, -0.2) is 13.6 Å². The molecule has 18 heavy (non-hydrogen) atoms. The second-order valence-corrected chi connectivity index (χ2v) is 6.48. The molecular formula is C13H21NO3S. The third kappa shape index (κ3) is 5.06. The molecule has 4 nitrogen and oxygen atoms in total. The van der Waals surface area contributed by atoms with Gasteiger partial charge < -0.3 is 4.74 Å². The zero-order valence-corrected chi connectivity index (χ0v) is 12.0. The molecule has 0 atom stereocenters. The molecule has 0 fully saturated rings. The van der Waals surface area contributed by atoms with Gasteiger partial charge in [0.05, 0.1) is 12.4 Å². The Hall–Kier alpha value is -1.07. The predicted octanol–water partition coefficient (Wildman–Crippen LogP) is 2.18. The van der Waals surface area contributed by atoms with Gasteiger partial charge in [-0.1, -0.05) is 19.9 Å². The van der Waals surface area contributed by atoms with E-state index in [1.807, 2.05) is 19.1 Å². The number of nitrogens with two attached hydrogens (primary N) is 1. The van der Waals surface area contributed by atoms with Crippen molar-refractivity contribution in [2.45, 2.75) is 33.1 Å². The van der Waals surface area contributed by atoms with Crippen LogP contribution in [0, 0.1) is 6.92 Å². The molecule has 0 amide bonds. The SMILES string of the molecule is Cc1cc(OCCCS(N)(=O)=O)ccc1C(C)C. The fourth-order valence-corrected chi connectivity index (χ4v) is 2.36. The fourth-order valence-electron chi connectivity index (χ4n) is 1.84. The van der Waals surface area contributed by atoms with E-state index in [0.29, 0.717) is 18.9 Å². The first kappa shape index (κ1) is 15.0. The van der Waals surface area contributed by atoms with Gasteiger partial charge in [-0.2, -0.15) is 0 Å². The van der Waals surface area contributed by atoms with Gasteiger partial charge in [-0.05, 0) is 42.5 Å². The summed E-state index contributed by atoms with van der Waals surface area (Å²) in [6.45, 7) is 6.70. The average Bonchev–Trinajstić information content (AvgIpc) is 2.22. The largest absolute Gasteiger partial charge is 0.494 e. The summed E-state index contributed by atoms with van der Waals surface area (Å²) in [7, 11) is -3.38. The Balaban J connectivity index is 2.52. The van der Waals surface area contributed by atoms with E-state index in [0.717, 1.165) is 5.75 Å². The van der Waals surface area contributed by atoms with Gasteiger partial charge >= 0.3 is 0 Å². The fraction of sp³-hybridized carbons (Fsp3) is 0.538. The van der Waals surface area contributed by atoms with Crippen molar-refractivity contribution < 1.29 is 13.2 Å². The number of ether oxygens (including phenoxy) is 1. The van der Waals surface area contributed by atoms with Gasteiger partial charge in [0.1, 0.15) is 5.75 Å². The molecule has 102 valence electrons. The number of aryl methyl sites for hydroxylation is 1. The van der Waals surface area contributed by atoms with Crippen molar-refractivity contribution in [1.29, 1.82) is 0 Å². The van der Waals surface area contributed by atoms with Crippen LogP contribution in [-0.4, -0.2) is 20.8 Å². The maximum absolute atomic E-state index is 10.7. The quantitative estimate of drug-likeness (QED) is 0.806. The Bertz CT molecular complexity index is 495. The van der Waals surface area contributed by atoms with E-state index in [2.05, 4.69) is 19.9 Å². The van der Waals surface area contributed by atoms with E-state index >= 15 is 0 Å². The van der Waals surface area contributed by atoms with Gasteiger partial charge in [0, 0.05) is 0 Å². The molecule has 0 bridgehead atoms. The van der Waals surface area contributed by atoms with Crippen molar-refractivity contribution >= 4 is 10.0 Å². The second kappa shape index (κ2) is 6.20. The summed E-state index contributed by atoms with van der Waals surface area (Å²) < 4.78 is 27.0.